The minimum absolute atomic E-state index is 0.118. The molecular weight excluding hydrogens is 434 g/mol. The van der Waals surface area contributed by atoms with Gasteiger partial charge in [-0.1, -0.05) is 30.3 Å². The second kappa shape index (κ2) is 11.9. The summed E-state index contributed by atoms with van der Waals surface area (Å²) in [6.07, 6.45) is 1.57. The highest BCUT2D eigenvalue weighted by Gasteiger charge is 2.17. The normalized spacial score (nSPS) is 12.7. The minimum atomic E-state index is -0.500. The number of hydrogen-bond donors (Lipinski definition) is 2. The summed E-state index contributed by atoms with van der Waals surface area (Å²) in [6.45, 7) is 8.66. The molecule has 1 heterocycles. The van der Waals surface area contributed by atoms with Gasteiger partial charge < -0.3 is 25.2 Å². The fourth-order valence-corrected chi connectivity index (χ4v) is 3.49. The van der Waals surface area contributed by atoms with Gasteiger partial charge in [0.05, 0.1) is 0 Å². The van der Waals surface area contributed by atoms with Crippen LogP contribution in [0, 0.1) is 0 Å². The molecule has 0 saturated heterocycles. The number of amides is 2. The number of benzene rings is 2. The SMILES string of the molecule is CN(CCCc1ccc(CNC(=O)OC(C)(C)C)cc1)CCNC(=O)c1ccc2c(c1)OOC2. The van der Waals surface area contributed by atoms with Crippen molar-refractivity contribution in [3.63, 3.8) is 0 Å². The predicted molar refractivity (Wildman–Crippen MR) is 130 cm³/mol. The Hall–Kier alpha value is -3.10. The maximum atomic E-state index is 12.3. The van der Waals surface area contributed by atoms with Crippen LogP contribution < -0.4 is 15.5 Å². The summed E-state index contributed by atoms with van der Waals surface area (Å²) in [5.74, 6) is 0.491. The van der Waals surface area contributed by atoms with Gasteiger partial charge in [-0.3, -0.25) is 4.79 Å². The van der Waals surface area contributed by atoms with Crippen molar-refractivity contribution in [2.24, 2.45) is 0 Å². The molecule has 0 aliphatic carbocycles. The number of nitrogens with zero attached hydrogens (tertiary/aromatic N) is 1. The van der Waals surface area contributed by atoms with Gasteiger partial charge in [-0.15, -0.1) is 0 Å². The second-order valence-electron chi connectivity index (χ2n) is 9.50. The lowest BCUT2D eigenvalue weighted by Crippen LogP contribution is -2.33. The Morgan fingerprint density at radius 3 is 2.50 bits per heavy atom. The number of fused-ring (bicyclic) bond motifs is 1. The molecule has 1 aliphatic heterocycles. The average Bonchev–Trinajstić information content (AvgIpc) is 3.25. The zero-order valence-electron chi connectivity index (χ0n) is 20.5. The van der Waals surface area contributed by atoms with E-state index >= 15 is 0 Å². The number of nitrogens with one attached hydrogen (secondary N) is 2. The number of ether oxygens (including phenoxy) is 1. The molecule has 0 aromatic heterocycles. The zero-order chi connectivity index (χ0) is 24.6. The summed E-state index contributed by atoms with van der Waals surface area (Å²) in [7, 11) is 2.05. The quantitative estimate of drug-likeness (QED) is 0.514. The molecule has 0 saturated carbocycles. The van der Waals surface area contributed by atoms with Gasteiger partial charge in [0.2, 0.25) is 0 Å². The van der Waals surface area contributed by atoms with E-state index in [1.54, 1.807) is 12.1 Å². The van der Waals surface area contributed by atoms with E-state index in [0.717, 1.165) is 37.1 Å². The first-order valence-corrected chi connectivity index (χ1v) is 11.6. The average molecular weight is 470 g/mol. The number of likely N-dealkylation sites (N-methyl/N-ethyl adjacent to an activating group) is 1. The van der Waals surface area contributed by atoms with E-state index in [-0.39, 0.29) is 5.91 Å². The molecule has 2 aromatic carbocycles. The van der Waals surface area contributed by atoms with Crippen molar-refractivity contribution in [3.8, 4) is 5.75 Å². The van der Waals surface area contributed by atoms with Crippen LogP contribution in [0.1, 0.15) is 54.2 Å². The first kappa shape index (κ1) is 25.5. The van der Waals surface area contributed by atoms with Crippen molar-refractivity contribution in [3.05, 3.63) is 64.7 Å². The Morgan fingerprint density at radius 1 is 1.03 bits per heavy atom. The van der Waals surface area contributed by atoms with Crippen molar-refractivity contribution >= 4 is 12.0 Å². The summed E-state index contributed by atoms with van der Waals surface area (Å²) in [5.41, 5.74) is 3.30. The maximum Gasteiger partial charge on any atom is 0.407 e. The van der Waals surface area contributed by atoms with Crippen LogP contribution in [0.5, 0.6) is 5.75 Å². The Morgan fingerprint density at radius 2 is 1.76 bits per heavy atom. The van der Waals surface area contributed by atoms with E-state index in [2.05, 4.69) is 34.7 Å². The van der Waals surface area contributed by atoms with Crippen molar-refractivity contribution in [2.75, 3.05) is 26.7 Å². The van der Waals surface area contributed by atoms with Crippen LogP contribution in [0.25, 0.3) is 0 Å². The molecule has 2 amide bonds. The third-order valence-corrected chi connectivity index (χ3v) is 5.34. The summed E-state index contributed by atoms with van der Waals surface area (Å²) >= 11 is 0. The molecular formula is C26H35N3O5. The fourth-order valence-electron chi connectivity index (χ4n) is 3.49. The predicted octanol–water partition coefficient (Wildman–Crippen LogP) is 3.83. The monoisotopic (exact) mass is 469 g/mol. The number of carbonyl (C=O) groups is 2. The molecule has 0 unspecified atom stereocenters. The summed E-state index contributed by atoms with van der Waals surface area (Å²) in [4.78, 5) is 36.3. The lowest BCUT2D eigenvalue weighted by atomic mass is 10.1. The van der Waals surface area contributed by atoms with E-state index in [1.807, 2.05) is 39.0 Å². The highest BCUT2D eigenvalue weighted by atomic mass is 17.2. The number of rotatable bonds is 10. The molecule has 0 atom stereocenters. The third kappa shape index (κ3) is 8.35. The van der Waals surface area contributed by atoms with Gasteiger partial charge in [0.25, 0.3) is 5.91 Å². The third-order valence-electron chi connectivity index (χ3n) is 5.34. The molecule has 1 aliphatic rings. The fraction of sp³-hybridized carbons (Fsp3) is 0.462. The first-order chi connectivity index (χ1) is 16.2. The lowest BCUT2D eigenvalue weighted by Gasteiger charge is -2.19. The van der Waals surface area contributed by atoms with Crippen LogP contribution >= 0.6 is 0 Å². The molecule has 0 bridgehead atoms. The Bertz CT molecular complexity index is 969. The van der Waals surface area contributed by atoms with Crippen LogP contribution in [0.15, 0.2) is 42.5 Å². The van der Waals surface area contributed by atoms with Crippen LogP contribution in [-0.4, -0.2) is 49.2 Å². The van der Waals surface area contributed by atoms with E-state index in [1.165, 1.54) is 5.56 Å². The number of aryl methyl sites for hydroxylation is 1. The Balaban J connectivity index is 1.30. The lowest BCUT2D eigenvalue weighted by molar-refractivity contribution is -0.194. The molecule has 8 heteroatoms. The van der Waals surface area contributed by atoms with Gasteiger partial charge in [0.15, 0.2) is 5.75 Å². The standard InChI is InChI=1S/C26H35N3O5/c1-26(2,3)33-25(31)28-17-20-9-7-19(8-10-20)6-5-14-29(4)15-13-27-24(30)21-11-12-22-18-32-34-23(22)16-21/h7-12,16H,5-6,13-15,17-18H2,1-4H3,(H,27,30)(H,28,31). The molecule has 34 heavy (non-hydrogen) atoms. The van der Waals surface area contributed by atoms with Crippen molar-refractivity contribution in [2.45, 2.75) is 52.4 Å². The number of alkyl carbamates (subject to hydrolysis) is 1. The van der Waals surface area contributed by atoms with Crippen molar-refractivity contribution < 1.29 is 24.1 Å². The first-order valence-electron chi connectivity index (χ1n) is 11.6. The Kier molecular flexibility index (Phi) is 8.90. The van der Waals surface area contributed by atoms with Crippen LogP contribution in [0.4, 0.5) is 4.79 Å². The Labute approximate surface area is 201 Å². The smallest absolute Gasteiger partial charge is 0.407 e. The molecule has 2 aromatic rings. The molecule has 3 rings (SSSR count). The van der Waals surface area contributed by atoms with Gasteiger partial charge in [-0.05, 0) is 70.5 Å². The molecule has 2 N–H and O–H groups in total. The summed E-state index contributed by atoms with van der Waals surface area (Å²) < 4.78 is 5.25. The van der Waals surface area contributed by atoms with Crippen LogP contribution in [0.2, 0.25) is 0 Å². The topological polar surface area (TPSA) is 89.1 Å². The maximum absolute atomic E-state index is 12.3. The van der Waals surface area contributed by atoms with E-state index in [9.17, 15) is 9.59 Å². The largest absolute Gasteiger partial charge is 0.444 e. The summed E-state index contributed by atoms with van der Waals surface area (Å²) in [5, 5.41) is 5.72. The van der Waals surface area contributed by atoms with Gasteiger partial charge >= 0.3 is 6.09 Å². The van der Waals surface area contributed by atoms with Crippen molar-refractivity contribution in [1.29, 1.82) is 0 Å². The van der Waals surface area contributed by atoms with Crippen LogP contribution in [-0.2, 0) is 29.2 Å². The zero-order valence-corrected chi connectivity index (χ0v) is 20.5. The highest BCUT2D eigenvalue weighted by molar-refractivity contribution is 5.94. The minimum Gasteiger partial charge on any atom is -0.444 e. The molecule has 0 spiro atoms. The van der Waals surface area contributed by atoms with E-state index in [0.29, 0.717) is 31.0 Å². The molecule has 0 radical (unpaired) electrons. The van der Waals surface area contributed by atoms with Gasteiger partial charge in [0.1, 0.15) is 12.2 Å². The van der Waals surface area contributed by atoms with Gasteiger partial charge in [0, 0.05) is 30.8 Å². The van der Waals surface area contributed by atoms with E-state index < -0.39 is 11.7 Å². The molecule has 184 valence electrons. The number of carbonyl (C=O) groups excluding carboxylic acids is 2. The van der Waals surface area contributed by atoms with Gasteiger partial charge in [-0.2, -0.15) is 4.89 Å². The number of hydrogen-bond acceptors (Lipinski definition) is 6. The summed E-state index contributed by atoms with van der Waals surface area (Å²) in [6, 6.07) is 13.6. The molecule has 8 nitrogen and oxygen atoms in total. The molecule has 0 fully saturated rings. The second-order valence-corrected chi connectivity index (χ2v) is 9.50. The van der Waals surface area contributed by atoms with E-state index in [4.69, 9.17) is 14.5 Å². The highest BCUT2D eigenvalue weighted by Crippen LogP contribution is 2.26. The van der Waals surface area contributed by atoms with Crippen LogP contribution in [0.3, 0.4) is 0 Å². The van der Waals surface area contributed by atoms with Crippen molar-refractivity contribution in [1.82, 2.24) is 15.5 Å². The van der Waals surface area contributed by atoms with Gasteiger partial charge in [-0.25, -0.2) is 4.79 Å².